The minimum atomic E-state index is -0.696. The van der Waals surface area contributed by atoms with Crippen molar-refractivity contribution in [2.24, 2.45) is 0 Å². The number of aromatic nitrogens is 4. The average molecular weight is 490 g/mol. The molecule has 2 aromatic rings. The number of nitrogens with zero attached hydrogens (tertiary/aromatic N) is 3. The molecule has 9 heteroatoms. The van der Waals surface area contributed by atoms with Crippen LogP contribution < -0.4 is 16.0 Å². The monoisotopic (exact) mass is 488 g/mol. The van der Waals surface area contributed by atoms with Crippen molar-refractivity contribution in [1.29, 1.82) is 0 Å². The van der Waals surface area contributed by atoms with Gasteiger partial charge in [-0.3, -0.25) is 9.78 Å². The van der Waals surface area contributed by atoms with Gasteiger partial charge in [-0.25, -0.2) is 9.78 Å². The summed E-state index contributed by atoms with van der Waals surface area (Å²) in [5.74, 6) is 1.02. The van der Waals surface area contributed by atoms with Gasteiger partial charge in [0, 0.05) is 16.0 Å². The summed E-state index contributed by atoms with van der Waals surface area (Å²) in [7, 11) is 0. The molecular formula is C21H18BrClN4O3. The Morgan fingerprint density at radius 1 is 1.17 bits per heavy atom. The molecule has 30 heavy (non-hydrogen) atoms. The Balaban J connectivity index is 1.72. The van der Waals surface area contributed by atoms with Crippen LogP contribution in [0, 0.1) is 0 Å². The third-order valence-electron chi connectivity index (χ3n) is 4.77. The number of fused-ring (bicyclic) bond motifs is 2. The molecule has 0 spiro atoms. The molecule has 0 unspecified atom stereocenters. The first-order valence-corrected chi connectivity index (χ1v) is 10.6. The van der Waals surface area contributed by atoms with Crippen LogP contribution in [0.3, 0.4) is 0 Å². The maximum Gasteiger partial charge on any atom is 0.349 e. The largest absolute Gasteiger partial charge is 0.494 e. The van der Waals surface area contributed by atoms with Crippen LogP contribution >= 0.6 is 27.5 Å². The molecule has 1 N–H and O–H groups in total. The Hall–Kier alpha value is -2.71. The van der Waals surface area contributed by atoms with Gasteiger partial charge in [-0.15, -0.1) is 0 Å². The molecule has 0 bridgehead atoms. The summed E-state index contributed by atoms with van der Waals surface area (Å²) in [5.41, 5.74) is 1.14. The Morgan fingerprint density at radius 3 is 2.67 bits per heavy atom. The molecule has 0 radical (unpaired) electrons. The van der Waals surface area contributed by atoms with Gasteiger partial charge >= 0.3 is 5.69 Å². The van der Waals surface area contributed by atoms with Crippen molar-refractivity contribution in [1.82, 2.24) is 19.5 Å². The van der Waals surface area contributed by atoms with Gasteiger partial charge in [0.2, 0.25) is 0 Å². The number of H-pyrrole nitrogens is 1. The molecule has 2 aliphatic heterocycles. The van der Waals surface area contributed by atoms with Crippen molar-refractivity contribution in [3.8, 4) is 17.3 Å². The lowest BCUT2D eigenvalue weighted by Crippen LogP contribution is -2.29. The number of ether oxygens (including phenoxy) is 1. The third kappa shape index (κ3) is 4.11. The molecule has 0 aromatic heterocycles. The molecular weight excluding hydrogens is 472 g/mol. The first-order valence-electron chi connectivity index (χ1n) is 9.47. The van der Waals surface area contributed by atoms with E-state index in [0.717, 1.165) is 27.7 Å². The number of aryl methyl sites for hydroxylation is 2. The highest BCUT2D eigenvalue weighted by Gasteiger charge is 2.19. The first-order chi connectivity index (χ1) is 14.5. The van der Waals surface area contributed by atoms with E-state index in [4.69, 9.17) is 16.3 Å². The van der Waals surface area contributed by atoms with Gasteiger partial charge in [-0.05, 0) is 54.8 Å². The van der Waals surface area contributed by atoms with Crippen molar-refractivity contribution >= 4 is 38.6 Å². The van der Waals surface area contributed by atoms with Crippen LogP contribution in [0.4, 0.5) is 0 Å². The van der Waals surface area contributed by atoms with Gasteiger partial charge in [0.1, 0.15) is 5.75 Å². The SMILES string of the molecule is CCc1cc2c(cc1Cl)nc1c(=O)[nH]c(=O)nc-1n2CCCOc1ccc(Br)cc1. The molecule has 0 amide bonds. The van der Waals surface area contributed by atoms with Crippen molar-refractivity contribution in [3.05, 3.63) is 72.3 Å². The Kier molecular flexibility index (Phi) is 5.87. The standard InChI is InChI=1S/C21H18BrClN4O3/c1-2-12-10-17-16(11-15(12)23)24-18-19(25-21(29)26-20(18)28)27(17)8-3-9-30-14-6-4-13(22)5-7-14/h4-7,10-11H,2-3,8-9H2,1H3,(H,26,28,29). The van der Waals surface area contributed by atoms with Gasteiger partial charge in [0.15, 0.2) is 11.5 Å². The van der Waals surface area contributed by atoms with E-state index in [1.165, 1.54) is 0 Å². The molecule has 0 aliphatic carbocycles. The summed E-state index contributed by atoms with van der Waals surface area (Å²) in [6.45, 7) is 2.96. The summed E-state index contributed by atoms with van der Waals surface area (Å²) in [4.78, 5) is 34.8. The quantitative estimate of drug-likeness (QED) is 0.326. The fourth-order valence-corrected chi connectivity index (χ4v) is 3.86. The van der Waals surface area contributed by atoms with Gasteiger partial charge < -0.3 is 9.30 Å². The number of halogens is 2. The van der Waals surface area contributed by atoms with Gasteiger partial charge in [0.05, 0.1) is 17.6 Å². The van der Waals surface area contributed by atoms with Crippen LogP contribution in [-0.4, -0.2) is 26.1 Å². The lowest BCUT2D eigenvalue weighted by atomic mass is 10.1. The molecule has 7 nitrogen and oxygen atoms in total. The van der Waals surface area contributed by atoms with Gasteiger partial charge in [-0.1, -0.05) is 34.5 Å². The Bertz CT molecular complexity index is 1300. The third-order valence-corrected chi connectivity index (χ3v) is 5.65. The van der Waals surface area contributed by atoms with Crippen LogP contribution in [0.1, 0.15) is 18.9 Å². The number of benzene rings is 2. The first kappa shape index (κ1) is 20.6. The molecule has 4 rings (SSSR count). The number of hydrogen-bond donors (Lipinski definition) is 1. The van der Waals surface area contributed by atoms with Crippen LogP contribution in [0.15, 0.2) is 50.5 Å². The summed E-state index contributed by atoms with van der Waals surface area (Å²) >= 11 is 9.75. The van der Waals surface area contributed by atoms with Gasteiger partial charge in [-0.2, -0.15) is 4.98 Å². The van der Waals surface area contributed by atoms with Crippen LogP contribution in [0.25, 0.3) is 22.6 Å². The van der Waals surface area contributed by atoms with E-state index in [2.05, 4.69) is 30.9 Å². The maximum absolute atomic E-state index is 12.3. The normalized spacial score (nSPS) is 11.3. The van der Waals surface area contributed by atoms with E-state index in [-0.39, 0.29) is 11.5 Å². The number of aromatic amines is 1. The second-order valence-corrected chi connectivity index (χ2v) is 8.07. The summed E-state index contributed by atoms with van der Waals surface area (Å²) in [6, 6.07) is 11.3. The van der Waals surface area contributed by atoms with Gasteiger partial charge in [0.25, 0.3) is 5.56 Å². The fourth-order valence-electron chi connectivity index (χ4n) is 3.30. The maximum atomic E-state index is 12.3. The zero-order valence-electron chi connectivity index (χ0n) is 16.1. The molecule has 0 saturated heterocycles. The second-order valence-electron chi connectivity index (χ2n) is 6.75. The predicted molar refractivity (Wildman–Crippen MR) is 120 cm³/mol. The molecule has 154 valence electrons. The molecule has 0 atom stereocenters. The summed E-state index contributed by atoms with van der Waals surface area (Å²) in [6.07, 6.45) is 1.39. The van der Waals surface area contributed by atoms with E-state index in [9.17, 15) is 9.59 Å². The zero-order chi connectivity index (χ0) is 21.3. The average Bonchev–Trinajstić information content (AvgIpc) is 2.72. The second kappa shape index (κ2) is 8.57. The highest BCUT2D eigenvalue weighted by molar-refractivity contribution is 9.10. The van der Waals surface area contributed by atoms with Crippen LogP contribution in [-0.2, 0) is 13.0 Å². The fraction of sp³-hybridized carbons (Fsp3) is 0.238. The minimum absolute atomic E-state index is 0.108. The van der Waals surface area contributed by atoms with Crippen molar-refractivity contribution in [2.75, 3.05) is 6.61 Å². The predicted octanol–water partition coefficient (Wildman–Crippen LogP) is 4.03. The lowest BCUT2D eigenvalue weighted by molar-refractivity contribution is 0.302. The molecule has 0 saturated carbocycles. The van der Waals surface area contributed by atoms with Crippen LogP contribution in [0.5, 0.6) is 5.75 Å². The summed E-state index contributed by atoms with van der Waals surface area (Å²) in [5, 5.41) is 0.590. The van der Waals surface area contributed by atoms with Crippen molar-refractivity contribution in [3.63, 3.8) is 0 Å². The molecule has 2 heterocycles. The number of nitrogens with one attached hydrogen (secondary N) is 1. The number of rotatable bonds is 6. The van der Waals surface area contributed by atoms with Crippen LogP contribution in [0.2, 0.25) is 5.02 Å². The Labute approximate surface area is 185 Å². The molecule has 2 aliphatic rings. The topological polar surface area (TPSA) is 89.9 Å². The highest BCUT2D eigenvalue weighted by atomic mass is 79.9. The van der Waals surface area contributed by atoms with Crippen molar-refractivity contribution in [2.45, 2.75) is 26.3 Å². The Morgan fingerprint density at radius 2 is 1.93 bits per heavy atom. The minimum Gasteiger partial charge on any atom is -0.494 e. The van der Waals surface area contributed by atoms with Crippen molar-refractivity contribution < 1.29 is 4.74 Å². The van der Waals surface area contributed by atoms with E-state index >= 15 is 0 Å². The highest BCUT2D eigenvalue weighted by Crippen LogP contribution is 2.27. The smallest absolute Gasteiger partial charge is 0.349 e. The van der Waals surface area contributed by atoms with E-state index < -0.39 is 11.2 Å². The molecule has 0 fully saturated rings. The van der Waals surface area contributed by atoms with E-state index in [1.807, 2.05) is 41.8 Å². The summed E-state index contributed by atoms with van der Waals surface area (Å²) < 4.78 is 8.62. The molecule has 2 aromatic carbocycles. The van der Waals surface area contributed by atoms with E-state index in [1.54, 1.807) is 6.07 Å². The lowest BCUT2D eigenvalue weighted by Gasteiger charge is -2.18. The number of hydrogen-bond acceptors (Lipinski definition) is 5. The van der Waals surface area contributed by atoms with E-state index in [0.29, 0.717) is 30.1 Å². The zero-order valence-corrected chi connectivity index (χ0v) is 18.5.